The molecular formula is C12H18N4. The summed E-state index contributed by atoms with van der Waals surface area (Å²) >= 11 is 0. The molecule has 0 aromatic carbocycles. The maximum Gasteiger partial charge on any atom is 0.0858 e. The summed E-state index contributed by atoms with van der Waals surface area (Å²) in [6.45, 7) is 0. The summed E-state index contributed by atoms with van der Waals surface area (Å²) in [6.07, 6.45) is 10.0. The van der Waals surface area contributed by atoms with E-state index in [-0.39, 0.29) is 0 Å². The summed E-state index contributed by atoms with van der Waals surface area (Å²) in [5.41, 5.74) is 1.23. The highest BCUT2D eigenvalue weighted by Gasteiger charge is 2.35. The molecule has 86 valence electrons. The molecule has 1 aliphatic carbocycles. The Morgan fingerprint density at radius 3 is 2.56 bits per heavy atom. The molecule has 0 amide bonds. The van der Waals surface area contributed by atoms with Gasteiger partial charge in [-0.25, -0.2) is 4.68 Å². The molecular weight excluding hydrogens is 200 g/mol. The van der Waals surface area contributed by atoms with Gasteiger partial charge in [0.05, 0.1) is 11.7 Å². The SMILES string of the molecule is c1c(C2CC2)nnn1C1C[C@H]2CC[C@@H](C1)N2. The summed E-state index contributed by atoms with van der Waals surface area (Å²) in [5, 5.41) is 12.3. The van der Waals surface area contributed by atoms with Crippen molar-refractivity contribution in [3.05, 3.63) is 11.9 Å². The van der Waals surface area contributed by atoms with Crippen molar-refractivity contribution in [3.63, 3.8) is 0 Å². The van der Waals surface area contributed by atoms with Gasteiger partial charge in [-0.05, 0) is 38.5 Å². The second-order valence-corrected chi connectivity index (χ2v) is 5.66. The molecule has 1 unspecified atom stereocenters. The Kier molecular flexibility index (Phi) is 1.89. The van der Waals surface area contributed by atoms with Crippen molar-refractivity contribution < 1.29 is 0 Å². The Morgan fingerprint density at radius 2 is 1.88 bits per heavy atom. The molecule has 2 bridgehead atoms. The van der Waals surface area contributed by atoms with Crippen LogP contribution in [0.25, 0.3) is 0 Å². The quantitative estimate of drug-likeness (QED) is 0.820. The Labute approximate surface area is 95.4 Å². The first kappa shape index (κ1) is 9.16. The molecule has 3 aliphatic rings. The minimum Gasteiger partial charge on any atom is -0.311 e. The normalized spacial score (nSPS) is 37.9. The van der Waals surface area contributed by atoms with Crippen molar-refractivity contribution in [2.75, 3.05) is 0 Å². The number of hydrogen-bond acceptors (Lipinski definition) is 3. The van der Waals surface area contributed by atoms with Crippen LogP contribution in [0.1, 0.15) is 56.2 Å². The van der Waals surface area contributed by atoms with E-state index < -0.39 is 0 Å². The minimum absolute atomic E-state index is 0.596. The zero-order valence-corrected chi connectivity index (χ0v) is 9.47. The average Bonchev–Trinajstić information content (AvgIpc) is 2.94. The maximum absolute atomic E-state index is 4.34. The van der Waals surface area contributed by atoms with E-state index in [0.717, 1.165) is 18.0 Å². The largest absolute Gasteiger partial charge is 0.311 e. The van der Waals surface area contributed by atoms with Gasteiger partial charge in [-0.15, -0.1) is 5.10 Å². The Morgan fingerprint density at radius 1 is 1.12 bits per heavy atom. The molecule has 16 heavy (non-hydrogen) atoms. The van der Waals surface area contributed by atoms with Crippen molar-refractivity contribution in [2.45, 2.75) is 62.6 Å². The third kappa shape index (κ3) is 1.47. The molecule has 2 aliphatic heterocycles. The van der Waals surface area contributed by atoms with Crippen LogP contribution in [0.4, 0.5) is 0 Å². The van der Waals surface area contributed by atoms with Gasteiger partial charge in [0.1, 0.15) is 0 Å². The van der Waals surface area contributed by atoms with Gasteiger partial charge < -0.3 is 5.32 Å². The molecule has 2 saturated heterocycles. The van der Waals surface area contributed by atoms with Gasteiger partial charge in [0.2, 0.25) is 0 Å². The highest BCUT2D eigenvalue weighted by molar-refractivity contribution is 5.09. The maximum atomic E-state index is 4.34. The first-order valence-electron chi connectivity index (χ1n) is 6.56. The molecule has 0 radical (unpaired) electrons. The van der Waals surface area contributed by atoms with Crippen molar-refractivity contribution in [1.82, 2.24) is 20.3 Å². The van der Waals surface area contributed by atoms with E-state index in [2.05, 4.69) is 26.5 Å². The van der Waals surface area contributed by atoms with Crippen LogP contribution in [0.15, 0.2) is 6.20 Å². The summed E-state index contributed by atoms with van der Waals surface area (Å²) in [7, 11) is 0. The van der Waals surface area contributed by atoms with E-state index in [1.165, 1.54) is 44.2 Å². The lowest BCUT2D eigenvalue weighted by Crippen LogP contribution is -2.39. The standard InChI is InChI=1S/C12H18N4/c1-2-8(1)12-7-16(15-14-12)11-5-9-3-4-10(6-11)13-9/h7-11,13H,1-6H2/t9-,10+,11?. The number of nitrogens with zero attached hydrogens (tertiary/aromatic N) is 3. The molecule has 4 rings (SSSR count). The van der Waals surface area contributed by atoms with Gasteiger partial charge in [-0.1, -0.05) is 5.21 Å². The fourth-order valence-electron chi connectivity index (χ4n) is 3.28. The van der Waals surface area contributed by atoms with Crippen LogP contribution in [0.5, 0.6) is 0 Å². The van der Waals surface area contributed by atoms with Crippen molar-refractivity contribution in [2.24, 2.45) is 0 Å². The molecule has 3 fully saturated rings. The summed E-state index contributed by atoms with van der Waals surface area (Å²) in [5.74, 6) is 0.729. The zero-order chi connectivity index (χ0) is 10.5. The number of aromatic nitrogens is 3. The molecule has 1 N–H and O–H groups in total. The Balaban J connectivity index is 1.55. The van der Waals surface area contributed by atoms with Gasteiger partial charge in [0.25, 0.3) is 0 Å². The first-order chi connectivity index (χ1) is 7.88. The van der Waals surface area contributed by atoms with E-state index >= 15 is 0 Å². The average molecular weight is 218 g/mol. The van der Waals surface area contributed by atoms with Crippen molar-refractivity contribution in [1.29, 1.82) is 0 Å². The highest BCUT2D eigenvalue weighted by atomic mass is 15.4. The van der Waals surface area contributed by atoms with Gasteiger partial charge in [-0.3, -0.25) is 0 Å². The topological polar surface area (TPSA) is 42.7 Å². The van der Waals surface area contributed by atoms with Crippen LogP contribution in [0, 0.1) is 0 Å². The van der Waals surface area contributed by atoms with Crippen LogP contribution < -0.4 is 5.32 Å². The molecule has 1 saturated carbocycles. The monoisotopic (exact) mass is 218 g/mol. The molecule has 1 aromatic heterocycles. The van der Waals surface area contributed by atoms with E-state index in [0.29, 0.717) is 6.04 Å². The zero-order valence-electron chi connectivity index (χ0n) is 9.47. The van der Waals surface area contributed by atoms with Gasteiger partial charge in [0.15, 0.2) is 0 Å². The fourth-order valence-corrected chi connectivity index (χ4v) is 3.28. The van der Waals surface area contributed by atoms with Gasteiger partial charge in [-0.2, -0.15) is 0 Å². The second-order valence-electron chi connectivity index (χ2n) is 5.66. The third-order valence-electron chi connectivity index (χ3n) is 4.35. The number of rotatable bonds is 2. The summed E-state index contributed by atoms with van der Waals surface area (Å²) in [6, 6.07) is 2.06. The van der Waals surface area contributed by atoms with Gasteiger partial charge in [0, 0.05) is 24.2 Å². The van der Waals surface area contributed by atoms with Crippen LogP contribution >= 0.6 is 0 Å². The first-order valence-corrected chi connectivity index (χ1v) is 6.56. The molecule has 0 spiro atoms. The third-order valence-corrected chi connectivity index (χ3v) is 4.35. The van der Waals surface area contributed by atoms with E-state index in [1.807, 2.05) is 0 Å². The lowest BCUT2D eigenvalue weighted by molar-refractivity contribution is 0.278. The molecule has 1 aromatic rings. The lowest BCUT2D eigenvalue weighted by atomic mass is 10.0. The van der Waals surface area contributed by atoms with Crippen LogP contribution in [0.2, 0.25) is 0 Å². The van der Waals surface area contributed by atoms with E-state index in [9.17, 15) is 0 Å². The molecule has 3 heterocycles. The Hall–Kier alpha value is -0.900. The van der Waals surface area contributed by atoms with Crippen LogP contribution in [-0.2, 0) is 0 Å². The number of fused-ring (bicyclic) bond motifs is 2. The number of nitrogens with one attached hydrogen (secondary N) is 1. The predicted molar refractivity (Wildman–Crippen MR) is 60.2 cm³/mol. The lowest BCUT2D eigenvalue weighted by Gasteiger charge is -2.28. The number of piperidine rings is 1. The smallest absolute Gasteiger partial charge is 0.0858 e. The van der Waals surface area contributed by atoms with Crippen LogP contribution in [-0.4, -0.2) is 27.1 Å². The molecule has 4 nitrogen and oxygen atoms in total. The van der Waals surface area contributed by atoms with E-state index in [1.54, 1.807) is 0 Å². The van der Waals surface area contributed by atoms with Gasteiger partial charge >= 0.3 is 0 Å². The fraction of sp³-hybridized carbons (Fsp3) is 0.833. The van der Waals surface area contributed by atoms with Crippen molar-refractivity contribution in [3.8, 4) is 0 Å². The number of hydrogen-bond donors (Lipinski definition) is 1. The Bertz CT molecular complexity index is 383. The minimum atomic E-state index is 0.596. The van der Waals surface area contributed by atoms with E-state index in [4.69, 9.17) is 0 Å². The second kappa shape index (κ2) is 3.29. The summed E-state index contributed by atoms with van der Waals surface area (Å²) < 4.78 is 2.14. The van der Waals surface area contributed by atoms with Crippen molar-refractivity contribution >= 4 is 0 Å². The molecule has 4 heteroatoms. The van der Waals surface area contributed by atoms with Crippen LogP contribution in [0.3, 0.4) is 0 Å². The highest BCUT2D eigenvalue weighted by Crippen LogP contribution is 2.39. The summed E-state index contributed by atoms with van der Waals surface area (Å²) in [4.78, 5) is 0. The molecule has 3 atom stereocenters. The predicted octanol–water partition coefficient (Wildman–Crippen LogP) is 1.61.